The molecule has 1 amide bonds. The topological polar surface area (TPSA) is 75.7 Å². The zero-order chi connectivity index (χ0) is 22.4. The summed E-state index contributed by atoms with van der Waals surface area (Å²) in [5, 5.41) is 3.03. The van der Waals surface area contributed by atoms with Gasteiger partial charge in [0.05, 0.1) is 18.4 Å². The summed E-state index contributed by atoms with van der Waals surface area (Å²) in [6, 6.07) is 13.0. The second-order valence-electron chi connectivity index (χ2n) is 7.79. The standard InChI is InChI=1S/C23H29FN2O4S/c1-3-30-22-10-6-19(7-11-22)17(2)25-23(27)20-12-14-26(15-13-20)31(28,29)16-18-4-8-21(24)9-5-18/h4-11,17,20H,3,12-16H2,1-2H3,(H,25,27)/t17-/m0/s1. The number of carbonyl (C=O) groups excluding carboxylic acids is 1. The van der Waals surface area contributed by atoms with E-state index in [0.29, 0.717) is 38.1 Å². The van der Waals surface area contributed by atoms with Crippen molar-refractivity contribution in [3.8, 4) is 5.75 Å². The van der Waals surface area contributed by atoms with Crippen molar-refractivity contribution in [2.24, 2.45) is 5.92 Å². The maximum absolute atomic E-state index is 13.0. The van der Waals surface area contributed by atoms with Crippen LogP contribution in [0.1, 0.15) is 43.9 Å². The van der Waals surface area contributed by atoms with Gasteiger partial charge in [0.15, 0.2) is 0 Å². The molecule has 2 aromatic rings. The number of piperidine rings is 1. The first-order chi connectivity index (χ1) is 14.8. The lowest BCUT2D eigenvalue weighted by atomic mass is 9.96. The summed E-state index contributed by atoms with van der Waals surface area (Å²) in [5.74, 6) is -0.0512. The van der Waals surface area contributed by atoms with E-state index in [4.69, 9.17) is 4.74 Å². The Bertz CT molecular complexity index is 970. The average Bonchev–Trinajstić information content (AvgIpc) is 2.76. The number of hydrogen-bond donors (Lipinski definition) is 1. The SMILES string of the molecule is CCOc1ccc([C@H](C)NC(=O)C2CCN(S(=O)(=O)Cc3ccc(F)cc3)CC2)cc1. The largest absolute Gasteiger partial charge is 0.494 e. The molecule has 2 aromatic carbocycles. The number of amides is 1. The van der Waals surface area contributed by atoms with E-state index in [1.165, 1.54) is 28.6 Å². The van der Waals surface area contributed by atoms with Crippen molar-refractivity contribution in [2.75, 3.05) is 19.7 Å². The van der Waals surface area contributed by atoms with Crippen LogP contribution in [-0.4, -0.2) is 38.3 Å². The summed E-state index contributed by atoms with van der Waals surface area (Å²) in [4.78, 5) is 12.7. The molecule has 0 aliphatic carbocycles. The summed E-state index contributed by atoms with van der Waals surface area (Å²) >= 11 is 0. The first kappa shape index (κ1) is 23.2. The molecule has 6 nitrogen and oxygen atoms in total. The van der Waals surface area contributed by atoms with Crippen molar-refractivity contribution in [1.82, 2.24) is 9.62 Å². The van der Waals surface area contributed by atoms with Gasteiger partial charge in [-0.2, -0.15) is 0 Å². The zero-order valence-corrected chi connectivity index (χ0v) is 18.7. The van der Waals surface area contributed by atoms with E-state index < -0.39 is 15.8 Å². The fourth-order valence-electron chi connectivity index (χ4n) is 3.71. The number of sulfonamides is 1. The number of rotatable bonds is 8. The minimum atomic E-state index is -3.51. The minimum Gasteiger partial charge on any atom is -0.494 e. The molecule has 168 valence electrons. The highest BCUT2D eigenvalue weighted by Crippen LogP contribution is 2.24. The number of halogens is 1. The van der Waals surface area contributed by atoms with Gasteiger partial charge in [0.2, 0.25) is 15.9 Å². The lowest BCUT2D eigenvalue weighted by molar-refractivity contribution is -0.126. The first-order valence-corrected chi connectivity index (χ1v) is 12.1. The fourth-order valence-corrected chi connectivity index (χ4v) is 5.28. The summed E-state index contributed by atoms with van der Waals surface area (Å²) in [7, 11) is -3.51. The second-order valence-corrected chi connectivity index (χ2v) is 9.76. The van der Waals surface area contributed by atoms with Crippen LogP contribution in [0.4, 0.5) is 4.39 Å². The molecule has 1 heterocycles. The maximum atomic E-state index is 13.0. The van der Waals surface area contributed by atoms with Gasteiger partial charge in [0, 0.05) is 19.0 Å². The van der Waals surface area contributed by atoms with Crippen LogP contribution in [0.3, 0.4) is 0 Å². The van der Waals surface area contributed by atoms with Crippen LogP contribution in [0.15, 0.2) is 48.5 Å². The van der Waals surface area contributed by atoms with Crippen molar-refractivity contribution < 1.29 is 22.3 Å². The predicted octanol–water partition coefficient (Wildman–Crippen LogP) is 3.64. The molecule has 3 rings (SSSR count). The summed E-state index contributed by atoms with van der Waals surface area (Å²) in [5.41, 5.74) is 1.53. The van der Waals surface area contributed by atoms with Crippen LogP contribution >= 0.6 is 0 Å². The van der Waals surface area contributed by atoms with Gasteiger partial charge in [-0.05, 0) is 62.1 Å². The molecule has 8 heteroatoms. The molecule has 0 bridgehead atoms. The second kappa shape index (κ2) is 10.2. The molecule has 1 aliphatic rings. The Labute approximate surface area is 183 Å². The molecule has 1 fully saturated rings. The van der Waals surface area contributed by atoms with Crippen LogP contribution in [0, 0.1) is 11.7 Å². The molecule has 1 aliphatic heterocycles. The lowest BCUT2D eigenvalue weighted by Crippen LogP contribution is -2.43. The summed E-state index contributed by atoms with van der Waals surface area (Å²) in [6.45, 7) is 5.06. The molecule has 1 N–H and O–H groups in total. The van der Waals surface area contributed by atoms with Gasteiger partial charge in [-0.25, -0.2) is 17.1 Å². The van der Waals surface area contributed by atoms with Gasteiger partial charge in [0.25, 0.3) is 0 Å². The molecule has 0 radical (unpaired) electrons. The molecular weight excluding hydrogens is 419 g/mol. The van der Waals surface area contributed by atoms with E-state index in [0.717, 1.165) is 11.3 Å². The van der Waals surface area contributed by atoms with Crippen molar-refractivity contribution in [1.29, 1.82) is 0 Å². The van der Waals surface area contributed by atoms with E-state index in [9.17, 15) is 17.6 Å². The molecule has 0 spiro atoms. The van der Waals surface area contributed by atoms with Crippen LogP contribution in [0.25, 0.3) is 0 Å². The quantitative estimate of drug-likeness (QED) is 0.669. The Morgan fingerprint density at radius 2 is 1.74 bits per heavy atom. The van der Waals surface area contributed by atoms with Gasteiger partial charge in [-0.1, -0.05) is 24.3 Å². The fraction of sp³-hybridized carbons (Fsp3) is 0.435. The van der Waals surface area contributed by atoms with Crippen molar-refractivity contribution in [2.45, 2.75) is 38.5 Å². The number of carbonyl (C=O) groups is 1. The highest BCUT2D eigenvalue weighted by atomic mass is 32.2. The number of benzene rings is 2. The molecule has 31 heavy (non-hydrogen) atoms. The van der Waals surface area contributed by atoms with Gasteiger partial charge in [0.1, 0.15) is 11.6 Å². The Hall–Kier alpha value is -2.45. The van der Waals surface area contributed by atoms with E-state index in [1.54, 1.807) is 0 Å². The Kier molecular flexibility index (Phi) is 7.67. The molecule has 0 saturated carbocycles. The monoisotopic (exact) mass is 448 g/mol. The predicted molar refractivity (Wildman–Crippen MR) is 117 cm³/mol. The van der Waals surface area contributed by atoms with E-state index in [-0.39, 0.29) is 23.6 Å². The number of ether oxygens (including phenoxy) is 1. The number of hydrogen-bond acceptors (Lipinski definition) is 4. The first-order valence-electron chi connectivity index (χ1n) is 10.5. The van der Waals surface area contributed by atoms with E-state index >= 15 is 0 Å². The number of nitrogens with zero attached hydrogens (tertiary/aromatic N) is 1. The third-order valence-electron chi connectivity index (χ3n) is 5.53. The summed E-state index contributed by atoms with van der Waals surface area (Å²) in [6.07, 6.45) is 0.953. The summed E-state index contributed by atoms with van der Waals surface area (Å²) < 4.78 is 45.3. The molecular formula is C23H29FN2O4S. The van der Waals surface area contributed by atoms with Gasteiger partial charge >= 0.3 is 0 Å². The minimum absolute atomic E-state index is 0.0584. The van der Waals surface area contributed by atoms with Gasteiger partial charge < -0.3 is 10.1 Å². The third-order valence-corrected chi connectivity index (χ3v) is 7.38. The van der Waals surface area contributed by atoms with Crippen molar-refractivity contribution in [3.63, 3.8) is 0 Å². The van der Waals surface area contributed by atoms with Crippen LogP contribution in [0.2, 0.25) is 0 Å². The maximum Gasteiger partial charge on any atom is 0.223 e. The number of nitrogens with one attached hydrogen (secondary N) is 1. The normalized spacial score (nSPS) is 16.6. The molecule has 1 saturated heterocycles. The van der Waals surface area contributed by atoms with Crippen LogP contribution in [0.5, 0.6) is 5.75 Å². The Balaban J connectivity index is 1.51. The Morgan fingerprint density at radius 3 is 2.32 bits per heavy atom. The third kappa shape index (κ3) is 6.27. The van der Waals surface area contributed by atoms with E-state index in [2.05, 4.69) is 5.32 Å². The van der Waals surface area contributed by atoms with Crippen LogP contribution in [-0.2, 0) is 20.6 Å². The average molecular weight is 449 g/mol. The molecule has 0 aromatic heterocycles. The highest BCUT2D eigenvalue weighted by Gasteiger charge is 2.31. The van der Waals surface area contributed by atoms with Gasteiger partial charge in [-0.15, -0.1) is 0 Å². The molecule has 0 unspecified atom stereocenters. The smallest absolute Gasteiger partial charge is 0.223 e. The van der Waals surface area contributed by atoms with Crippen LogP contribution < -0.4 is 10.1 Å². The van der Waals surface area contributed by atoms with Gasteiger partial charge in [-0.3, -0.25) is 4.79 Å². The highest BCUT2D eigenvalue weighted by molar-refractivity contribution is 7.88. The van der Waals surface area contributed by atoms with Crippen molar-refractivity contribution >= 4 is 15.9 Å². The van der Waals surface area contributed by atoms with E-state index in [1.807, 2.05) is 38.1 Å². The molecule has 1 atom stereocenters. The zero-order valence-electron chi connectivity index (χ0n) is 17.9. The van der Waals surface area contributed by atoms with Crippen molar-refractivity contribution in [3.05, 3.63) is 65.5 Å². The lowest BCUT2D eigenvalue weighted by Gasteiger charge is -2.31. The Morgan fingerprint density at radius 1 is 1.13 bits per heavy atom.